The lowest BCUT2D eigenvalue weighted by atomic mass is 9.86. The number of hydrogen-bond donors (Lipinski definition) is 2. The van der Waals surface area contributed by atoms with Crippen LogP contribution in [0.2, 0.25) is 0 Å². The van der Waals surface area contributed by atoms with Crippen LogP contribution >= 0.6 is 0 Å². The van der Waals surface area contributed by atoms with Gasteiger partial charge in [0.1, 0.15) is 0 Å². The third-order valence-electron chi connectivity index (χ3n) is 4.48. The molecule has 0 aromatic carbocycles. The topological polar surface area (TPSA) is 64.3 Å². The Labute approximate surface area is 110 Å². The van der Waals surface area contributed by atoms with Crippen LogP contribution in [0.15, 0.2) is 0 Å². The molecule has 0 radical (unpaired) electrons. The summed E-state index contributed by atoms with van der Waals surface area (Å²) in [7, 11) is 0. The maximum Gasteiger partial charge on any atom is 0.220 e. The molecule has 1 heterocycles. The lowest BCUT2D eigenvalue weighted by molar-refractivity contribution is -0.122. The van der Waals surface area contributed by atoms with E-state index >= 15 is 0 Å². The summed E-state index contributed by atoms with van der Waals surface area (Å²) in [6, 6.07) is 0. The van der Waals surface area contributed by atoms with Crippen LogP contribution in [-0.2, 0) is 9.53 Å². The Morgan fingerprint density at radius 3 is 2.72 bits per heavy atom. The van der Waals surface area contributed by atoms with E-state index in [1.807, 2.05) is 0 Å². The van der Waals surface area contributed by atoms with Crippen LogP contribution in [0, 0.1) is 5.41 Å². The van der Waals surface area contributed by atoms with Crippen LogP contribution < -0.4 is 11.1 Å². The van der Waals surface area contributed by atoms with Gasteiger partial charge in [0, 0.05) is 19.6 Å². The first-order valence-electron chi connectivity index (χ1n) is 7.32. The zero-order valence-electron chi connectivity index (χ0n) is 11.2. The summed E-state index contributed by atoms with van der Waals surface area (Å²) >= 11 is 0. The molecule has 1 amide bonds. The minimum atomic E-state index is 0.158. The van der Waals surface area contributed by atoms with Crippen molar-refractivity contribution in [3.63, 3.8) is 0 Å². The van der Waals surface area contributed by atoms with Gasteiger partial charge in [-0.2, -0.15) is 0 Å². The van der Waals surface area contributed by atoms with Crippen molar-refractivity contribution in [3.8, 4) is 0 Å². The zero-order chi connectivity index (χ0) is 12.8. The van der Waals surface area contributed by atoms with Crippen molar-refractivity contribution in [1.82, 2.24) is 5.32 Å². The Morgan fingerprint density at radius 2 is 2.11 bits per heavy atom. The Bertz CT molecular complexity index is 269. The molecule has 2 rings (SSSR count). The van der Waals surface area contributed by atoms with E-state index < -0.39 is 0 Å². The third-order valence-corrected chi connectivity index (χ3v) is 4.48. The van der Waals surface area contributed by atoms with Crippen molar-refractivity contribution in [2.45, 2.75) is 57.5 Å². The molecule has 0 aromatic rings. The third kappa shape index (κ3) is 3.69. The summed E-state index contributed by atoms with van der Waals surface area (Å²) in [5.74, 6) is 0.158. The molecule has 104 valence electrons. The summed E-state index contributed by atoms with van der Waals surface area (Å²) in [6.45, 7) is 2.31. The summed E-state index contributed by atoms with van der Waals surface area (Å²) in [6.07, 6.45) is 8.84. The minimum Gasteiger partial charge on any atom is -0.378 e. The van der Waals surface area contributed by atoms with E-state index in [1.165, 1.54) is 12.8 Å². The molecule has 2 aliphatic rings. The Hall–Kier alpha value is -0.610. The maximum absolute atomic E-state index is 11.8. The second-order valence-corrected chi connectivity index (χ2v) is 5.86. The van der Waals surface area contributed by atoms with Gasteiger partial charge in [-0.25, -0.2) is 0 Å². The Kier molecular flexibility index (Phi) is 5.01. The number of carbonyl (C=O) groups is 1. The molecule has 1 atom stereocenters. The molecule has 3 N–H and O–H groups in total. The molecule has 1 aliphatic heterocycles. The first-order valence-corrected chi connectivity index (χ1v) is 7.32. The van der Waals surface area contributed by atoms with Crippen molar-refractivity contribution >= 4 is 5.91 Å². The maximum atomic E-state index is 11.8. The highest BCUT2D eigenvalue weighted by atomic mass is 16.5. The molecular formula is C14H26N2O2. The first-order chi connectivity index (χ1) is 8.74. The van der Waals surface area contributed by atoms with Gasteiger partial charge in [0.2, 0.25) is 5.91 Å². The highest BCUT2D eigenvalue weighted by Crippen LogP contribution is 2.36. The number of hydrogen-bond acceptors (Lipinski definition) is 3. The van der Waals surface area contributed by atoms with Crippen LogP contribution in [0.25, 0.3) is 0 Å². The molecule has 0 spiro atoms. The van der Waals surface area contributed by atoms with Crippen molar-refractivity contribution in [1.29, 1.82) is 0 Å². The molecule has 0 aromatic heterocycles. The van der Waals surface area contributed by atoms with Gasteiger partial charge in [0.15, 0.2) is 0 Å². The number of nitrogens with one attached hydrogen (secondary N) is 1. The smallest absolute Gasteiger partial charge is 0.220 e. The number of amides is 1. The van der Waals surface area contributed by atoms with Gasteiger partial charge in [0.05, 0.1) is 6.10 Å². The van der Waals surface area contributed by atoms with Gasteiger partial charge in [-0.05, 0) is 44.1 Å². The number of rotatable bonds is 6. The van der Waals surface area contributed by atoms with Crippen LogP contribution in [-0.4, -0.2) is 31.7 Å². The van der Waals surface area contributed by atoms with Crippen molar-refractivity contribution in [3.05, 3.63) is 0 Å². The molecule has 18 heavy (non-hydrogen) atoms. The van der Waals surface area contributed by atoms with E-state index in [0.29, 0.717) is 19.1 Å². The minimum absolute atomic E-state index is 0.158. The standard InChI is InChI=1S/C14H26N2O2/c15-10-14(7-1-2-8-14)11-16-13(17)6-5-12-4-3-9-18-12/h12H,1-11,15H2,(H,16,17). The van der Waals surface area contributed by atoms with Crippen molar-refractivity contribution < 1.29 is 9.53 Å². The Balaban J connectivity index is 1.64. The van der Waals surface area contributed by atoms with Crippen molar-refractivity contribution in [2.24, 2.45) is 11.1 Å². The van der Waals surface area contributed by atoms with Crippen LogP contribution in [0.4, 0.5) is 0 Å². The van der Waals surface area contributed by atoms with E-state index in [4.69, 9.17) is 10.5 Å². The quantitative estimate of drug-likeness (QED) is 0.756. The van der Waals surface area contributed by atoms with Crippen LogP contribution in [0.5, 0.6) is 0 Å². The second kappa shape index (κ2) is 6.53. The molecule has 1 aliphatic carbocycles. The molecule has 4 heteroatoms. The van der Waals surface area contributed by atoms with Gasteiger partial charge < -0.3 is 15.8 Å². The lowest BCUT2D eigenvalue weighted by Crippen LogP contribution is -2.40. The molecule has 1 saturated carbocycles. The monoisotopic (exact) mass is 254 g/mol. The SMILES string of the molecule is NCC1(CNC(=O)CCC2CCCO2)CCCC1. The predicted molar refractivity (Wildman–Crippen MR) is 71.2 cm³/mol. The van der Waals surface area contributed by atoms with E-state index in [2.05, 4.69) is 5.32 Å². The number of nitrogens with two attached hydrogens (primary N) is 1. The van der Waals surface area contributed by atoms with Gasteiger partial charge in [-0.3, -0.25) is 4.79 Å². The molecule has 1 saturated heterocycles. The number of ether oxygens (including phenoxy) is 1. The molecule has 2 fully saturated rings. The Morgan fingerprint density at radius 1 is 1.33 bits per heavy atom. The first kappa shape index (κ1) is 13.8. The lowest BCUT2D eigenvalue weighted by Gasteiger charge is -2.27. The average Bonchev–Trinajstić information content (AvgIpc) is 3.06. The van der Waals surface area contributed by atoms with Gasteiger partial charge >= 0.3 is 0 Å². The summed E-state index contributed by atoms with van der Waals surface area (Å²) in [4.78, 5) is 11.8. The fourth-order valence-electron chi connectivity index (χ4n) is 3.12. The van der Waals surface area contributed by atoms with E-state index in [9.17, 15) is 4.79 Å². The summed E-state index contributed by atoms with van der Waals surface area (Å²) in [5.41, 5.74) is 6.04. The van der Waals surface area contributed by atoms with Gasteiger partial charge in [0.25, 0.3) is 0 Å². The van der Waals surface area contributed by atoms with Gasteiger partial charge in [-0.15, -0.1) is 0 Å². The predicted octanol–water partition coefficient (Wildman–Crippen LogP) is 1.58. The van der Waals surface area contributed by atoms with Crippen molar-refractivity contribution in [2.75, 3.05) is 19.7 Å². The zero-order valence-corrected chi connectivity index (χ0v) is 11.2. The van der Waals surface area contributed by atoms with E-state index in [-0.39, 0.29) is 11.3 Å². The average molecular weight is 254 g/mol. The van der Waals surface area contributed by atoms with Gasteiger partial charge in [-0.1, -0.05) is 12.8 Å². The summed E-state index contributed by atoms with van der Waals surface area (Å²) in [5, 5.41) is 3.07. The highest BCUT2D eigenvalue weighted by Gasteiger charge is 2.32. The molecule has 1 unspecified atom stereocenters. The second-order valence-electron chi connectivity index (χ2n) is 5.86. The normalized spacial score (nSPS) is 26.4. The molecule has 0 bridgehead atoms. The van der Waals surface area contributed by atoms with Crippen LogP contribution in [0.3, 0.4) is 0 Å². The highest BCUT2D eigenvalue weighted by molar-refractivity contribution is 5.75. The van der Waals surface area contributed by atoms with E-state index in [1.54, 1.807) is 0 Å². The fourth-order valence-corrected chi connectivity index (χ4v) is 3.12. The number of carbonyl (C=O) groups excluding carboxylic acids is 1. The van der Waals surface area contributed by atoms with Crippen LogP contribution in [0.1, 0.15) is 51.4 Å². The van der Waals surface area contributed by atoms with E-state index in [0.717, 1.165) is 45.3 Å². The molecule has 4 nitrogen and oxygen atoms in total. The molecular weight excluding hydrogens is 228 g/mol. The summed E-state index contributed by atoms with van der Waals surface area (Å²) < 4.78 is 5.52. The largest absolute Gasteiger partial charge is 0.378 e. The fraction of sp³-hybridized carbons (Fsp3) is 0.929.